The average Bonchev–Trinajstić information content (AvgIpc) is 3.00. The van der Waals surface area contributed by atoms with Crippen molar-refractivity contribution in [3.63, 3.8) is 0 Å². The van der Waals surface area contributed by atoms with Gasteiger partial charge in [0.25, 0.3) is 17.1 Å². The third-order valence-corrected chi connectivity index (χ3v) is 5.17. The summed E-state index contributed by atoms with van der Waals surface area (Å²) in [5.74, 6) is -0.334. The molecule has 154 valence electrons. The zero-order chi connectivity index (χ0) is 21.5. The van der Waals surface area contributed by atoms with Gasteiger partial charge in [-0.25, -0.2) is 0 Å². The summed E-state index contributed by atoms with van der Waals surface area (Å²) in [7, 11) is 0. The minimum Gasteiger partial charge on any atom is -0.484 e. The Labute approximate surface area is 178 Å². The van der Waals surface area contributed by atoms with E-state index in [4.69, 9.17) is 4.74 Å². The van der Waals surface area contributed by atoms with Gasteiger partial charge in [-0.2, -0.15) is 0 Å². The maximum Gasteiger partial charge on any atom is 0.293 e. The standard InChI is InChI=1S/C22H20N2O5S/c1-15(25)17-7-9-18(10-8-17)29-14-20(26)23-11-12-24-21(27)19(30-22(24)28)13-16-5-3-2-4-6-16/h2-10,13H,11-12,14H2,1H3,(H,23,26)/b19-13-. The molecule has 30 heavy (non-hydrogen) atoms. The van der Waals surface area contributed by atoms with E-state index in [2.05, 4.69) is 5.32 Å². The Hall–Kier alpha value is -3.39. The average molecular weight is 424 g/mol. The maximum atomic E-state index is 12.4. The number of ketones is 1. The summed E-state index contributed by atoms with van der Waals surface area (Å²) < 4.78 is 5.37. The van der Waals surface area contributed by atoms with Crippen molar-refractivity contribution < 1.29 is 23.9 Å². The largest absolute Gasteiger partial charge is 0.484 e. The van der Waals surface area contributed by atoms with Gasteiger partial charge < -0.3 is 10.1 Å². The molecule has 1 N–H and O–H groups in total. The molecule has 0 aliphatic carbocycles. The summed E-state index contributed by atoms with van der Waals surface area (Å²) in [6, 6.07) is 15.8. The highest BCUT2D eigenvalue weighted by atomic mass is 32.2. The van der Waals surface area contributed by atoms with E-state index < -0.39 is 0 Å². The molecule has 7 nitrogen and oxygen atoms in total. The van der Waals surface area contributed by atoms with Crippen LogP contribution in [0.2, 0.25) is 0 Å². The van der Waals surface area contributed by atoms with Gasteiger partial charge in [0.1, 0.15) is 5.75 Å². The van der Waals surface area contributed by atoms with Crippen LogP contribution in [0, 0.1) is 0 Å². The van der Waals surface area contributed by atoms with Gasteiger partial charge in [-0.05, 0) is 54.6 Å². The van der Waals surface area contributed by atoms with Crippen LogP contribution in [0.15, 0.2) is 59.5 Å². The Morgan fingerprint density at radius 2 is 1.77 bits per heavy atom. The quantitative estimate of drug-likeness (QED) is 0.517. The summed E-state index contributed by atoms with van der Waals surface area (Å²) in [5.41, 5.74) is 1.40. The lowest BCUT2D eigenvalue weighted by molar-refractivity contribution is -0.125. The number of ether oxygens (including phenoxy) is 1. The highest BCUT2D eigenvalue weighted by Gasteiger charge is 2.34. The first-order valence-electron chi connectivity index (χ1n) is 9.25. The summed E-state index contributed by atoms with van der Waals surface area (Å²) in [5, 5.41) is 2.26. The van der Waals surface area contributed by atoms with Crippen LogP contribution in [0.4, 0.5) is 4.79 Å². The van der Waals surface area contributed by atoms with Crippen LogP contribution in [0.1, 0.15) is 22.8 Å². The predicted octanol–water partition coefficient (Wildman–Crippen LogP) is 3.12. The van der Waals surface area contributed by atoms with E-state index in [0.29, 0.717) is 16.2 Å². The van der Waals surface area contributed by atoms with E-state index in [-0.39, 0.29) is 42.5 Å². The highest BCUT2D eigenvalue weighted by Crippen LogP contribution is 2.31. The van der Waals surface area contributed by atoms with E-state index >= 15 is 0 Å². The van der Waals surface area contributed by atoms with Crippen molar-refractivity contribution in [3.8, 4) is 5.75 Å². The molecule has 0 radical (unpaired) electrons. The van der Waals surface area contributed by atoms with Gasteiger partial charge in [-0.1, -0.05) is 30.3 Å². The first kappa shape index (κ1) is 21.3. The second kappa shape index (κ2) is 9.89. The Bertz CT molecular complexity index is 986. The molecule has 0 atom stereocenters. The van der Waals surface area contributed by atoms with Crippen molar-refractivity contribution in [1.29, 1.82) is 0 Å². The number of carbonyl (C=O) groups excluding carboxylic acids is 4. The molecule has 1 saturated heterocycles. The van der Waals surface area contributed by atoms with Crippen molar-refractivity contribution in [1.82, 2.24) is 10.2 Å². The number of amides is 3. The lowest BCUT2D eigenvalue weighted by Crippen LogP contribution is -2.38. The molecule has 0 unspecified atom stereocenters. The predicted molar refractivity (Wildman–Crippen MR) is 114 cm³/mol. The van der Waals surface area contributed by atoms with Crippen LogP contribution in [0.3, 0.4) is 0 Å². The van der Waals surface area contributed by atoms with Crippen molar-refractivity contribution in [3.05, 3.63) is 70.6 Å². The molecule has 2 aromatic carbocycles. The zero-order valence-corrected chi connectivity index (χ0v) is 17.1. The van der Waals surface area contributed by atoms with Crippen LogP contribution in [-0.2, 0) is 9.59 Å². The van der Waals surface area contributed by atoms with Crippen LogP contribution >= 0.6 is 11.8 Å². The zero-order valence-electron chi connectivity index (χ0n) is 16.3. The molecule has 1 heterocycles. The van der Waals surface area contributed by atoms with E-state index in [9.17, 15) is 19.2 Å². The summed E-state index contributed by atoms with van der Waals surface area (Å²) in [6.45, 7) is 1.46. The van der Waals surface area contributed by atoms with Crippen LogP contribution < -0.4 is 10.1 Å². The second-order valence-corrected chi connectivity index (χ2v) is 7.46. The van der Waals surface area contributed by atoms with E-state index in [0.717, 1.165) is 22.2 Å². The van der Waals surface area contributed by atoms with E-state index in [1.165, 1.54) is 6.92 Å². The Morgan fingerprint density at radius 3 is 2.43 bits per heavy atom. The fourth-order valence-corrected chi connectivity index (χ4v) is 3.55. The minimum absolute atomic E-state index is 0.0507. The number of rotatable bonds is 8. The molecule has 3 rings (SSSR count). The molecule has 1 aliphatic heterocycles. The Kier molecular flexibility index (Phi) is 7.03. The highest BCUT2D eigenvalue weighted by molar-refractivity contribution is 8.18. The number of imide groups is 1. The summed E-state index contributed by atoms with van der Waals surface area (Å²) >= 11 is 0.883. The van der Waals surface area contributed by atoms with Crippen LogP contribution in [0.5, 0.6) is 5.75 Å². The van der Waals surface area contributed by atoms with E-state index in [1.54, 1.807) is 30.3 Å². The fraction of sp³-hybridized carbons (Fsp3) is 0.182. The van der Waals surface area contributed by atoms with Crippen molar-refractivity contribution in [2.45, 2.75) is 6.92 Å². The minimum atomic E-state index is -0.377. The van der Waals surface area contributed by atoms with E-state index in [1.807, 2.05) is 30.3 Å². The van der Waals surface area contributed by atoms with Gasteiger partial charge in [0, 0.05) is 18.7 Å². The molecule has 8 heteroatoms. The molecule has 1 aliphatic rings. The number of hydrogen-bond acceptors (Lipinski definition) is 6. The summed E-state index contributed by atoms with van der Waals surface area (Å²) in [4.78, 5) is 49.2. The van der Waals surface area contributed by atoms with Crippen LogP contribution in [0.25, 0.3) is 6.08 Å². The second-order valence-electron chi connectivity index (χ2n) is 6.46. The third kappa shape index (κ3) is 5.57. The molecular weight excluding hydrogens is 404 g/mol. The molecule has 3 amide bonds. The number of thioether (sulfide) groups is 1. The van der Waals surface area contributed by atoms with Crippen molar-refractivity contribution >= 4 is 40.7 Å². The van der Waals surface area contributed by atoms with Crippen molar-refractivity contribution in [2.24, 2.45) is 0 Å². The van der Waals surface area contributed by atoms with Gasteiger partial charge in [-0.3, -0.25) is 24.1 Å². The van der Waals surface area contributed by atoms with Gasteiger partial charge in [-0.15, -0.1) is 0 Å². The smallest absolute Gasteiger partial charge is 0.293 e. The van der Waals surface area contributed by atoms with Gasteiger partial charge >= 0.3 is 0 Å². The fourth-order valence-electron chi connectivity index (χ4n) is 2.69. The topological polar surface area (TPSA) is 92.8 Å². The molecular formula is C22H20N2O5S. The number of carbonyl (C=O) groups is 4. The molecule has 0 aromatic heterocycles. The number of Topliss-reactive ketones (excluding diaryl/α,β-unsaturated/α-hetero) is 1. The first-order valence-corrected chi connectivity index (χ1v) is 10.1. The normalized spacial score (nSPS) is 14.8. The monoisotopic (exact) mass is 424 g/mol. The molecule has 0 saturated carbocycles. The molecule has 0 spiro atoms. The van der Waals surface area contributed by atoms with Gasteiger partial charge in [0.15, 0.2) is 12.4 Å². The molecule has 0 bridgehead atoms. The summed E-state index contributed by atoms with van der Waals surface area (Å²) in [6.07, 6.45) is 1.68. The van der Waals surface area contributed by atoms with Gasteiger partial charge in [0.05, 0.1) is 4.91 Å². The third-order valence-electron chi connectivity index (χ3n) is 4.26. The van der Waals surface area contributed by atoms with Crippen LogP contribution in [-0.4, -0.2) is 47.4 Å². The molecule has 1 fully saturated rings. The molecule has 2 aromatic rings. The lowest BCUT2D eigenvalue weighted by Gasteiger charge is -2.13. The number of benzene rings is 2. The Morgan fingerprint density at radius 1 is 1.07 bits per heavy atom. The maximum absolute atomic E-state index is 12.4. The SMILES string of the molecule is CC(=O)c1ccc(OCC(=O)NCCN2C(=O)S/C(=C\c3ccccc3)C2=O)cc1. The Balaban J connectivity index is 1.44. The number of nitrogens with one attached hydrogen (secondary N) is 1. The van der Waals surface area contributed by atoms with Crippen molar-refractivity contribution in [2.75, 3.05) is 19.7 Å². The first-order chi connectivity index (χ1) is 14.4. The number of hydrogen-bond donors (Lipinski definition) is 1. The number of nitrogens with zero attached hydrogens (tertiary/aromatic N) is 1. The lowest BCUT2D eigenvalue weighted by atomic mass is 10.1. The van der Waals surface area contributed by atoms with Gasteiger partial charge in [0.2, 0.25) is 0 Å².